The van der Waals surface area contributed by atoms with E-state index in [0.717, 1.165) is 12.0 Å². The first kappa shape index (κ1) is 14.1. The highest BCUT2D eigenvalue weighted by atomic mass is 16.2. The highest BCUT2D eigenvalue weighted by Crippen LogP contribution is 2.07. The summed E-state index contributed by atoms with van der Waals surface area (Å²) in [6, 6.07) is 11.7. The lowest BCUT2D eigenvalue weighted by molar-refractivity contribution is 0.252. The number of nitrogens with one attached hydrogen (secondary N) is 2. The maximum atomic E-state index is 11.7. The molecule has 0 saturated heterocycles. The number of carbonyl (C=O) groups excluding carboxylic acids is 1. The van der Waals surface area contributed by atoms with Gasteiger partial charge in [-0.2, -0.15) is 0 Å². The Morgan fingerprint density at radius 1 is 1.15 bits per heavy atom. The maximum absolute atomic E-state index is 11.7. The summed E-state index contributed by atoms with van der Waals surface area (Å²) < 4.78 is 0. The Balaban J connectivity index is 1.78. The lowest BCUT2D eigenvalue weighted by Crippen LogP contribution is -2.30. The summed E-state index contributed by atoms with van der Waals surface area (Å²) in [5, 5.41) is 5.54. The van der Waals surface area contributed by atoms with E-state index in [-0.39, 0.29) is 6.03 Å². The van der Waals surface area contributed by atoms with Crippen LogP contribution in [0.25, 0.3) is 0 Å². The third-order valence-electron chi connectivity index (χ3n) is 3.09. The van der Waals surface area contributed by atoms with Crippen LogP contribution in [0.1, 0.15) is 16.7 Å². The standard InChI is InChI=1S/C16H19N3O/c1-12-7-8-15(18-11-12)19-16(20)17-10-9-14-6-4-3-5-13(14)2/h3-8,11H,9-10H2,1-2H3,(H2,17,18,19,20). The fourth-order valence-electron chi connectivity index (χ4n) is 1.90. The number of nitrogens with zero attached hydrogens (tertiary/aromatic N) is 1. The van der Waals surface area contributed by atoms with Crippen molar-refractivity contribution in [3.63, 3.8) is 0 Å². The number of benzene rings is 1. The topological polar surface area (TPSA) is 54.0 Å². The van der Waals surface area contributed by atoms with Gasteiger partial charge in [-0.05, 0) is 43.0 Å². The molecule has 104 valence electrons. The Morgan fingerprint density at radius 2 is 1.95 bits per heavy atom. The van der Waals surface area contributed by atoms with Gasteiger partial charge < -0.3 is 5.32 Å². The molecule has 0 radical (unpaired) electrons. The van der Waals surface area contributed by atoms with Crippen LogP contribution in [0.3, 0.4) is 0 Å². The maximum Gasteiger partial charge on any atom is 0.320 e. The van der Waals surface area contributed by atoms with Crippen molar-refractivity contribution >= 4 is 11.8 Å². The van der Waals surface area contributed by atoms with E-state index in [4.69, 9.17) is 0 Å². The first-order valence-electron chi connectivity index (χ1n) is 6.67. The van der Waals surface area contributed by atoms with Crippen molar-refractivity contribution in [2.24, 2.45) is 0 Å². The van der Waals surface area contributed by atoms with Crippen LogP contribution in [0.15, 0.2) is 42.6 Å². The molecule has 4 heteroatoms. The van der Waals surface area contributed by atoms with E-state index in [1.165, 1.54) is 11.1 Å². The summed E-state index contributed by atoms with van der Waals surface area (Å²) in [7, 11) is 0. The van der Waals surface area contributed by atoms with Gasteiger partial charge in [0.1, 0.15) is 5.82 Å². The molecule has 0 atom stereocenters. The van der Waals surface area contributed by atoms with E-state index in [2.05, 4.69) is 34.7 Å². The Bertz CT molecular complexity index is 579. The second-order valence-corrected chi connectivity index (χ2v) is 4.78. The molecule has 4 nitrogen and oxygen atoms in total. The van der Waals surface area contributed by atoms with Gasteiger partial charge in [0.15, 0.2) is 0 Å². The van der Waals surface area contributed by atoms with Gasteiger partial charge in [0.05, 0.1) is 0 Å². The molecule has 0 saturated carbocycles. The molecule has 0 aliphatic heterocycles. The average Bonchev–Trinajstić information content (AvgIpc) is 2.43. The largest absolute Gasteiger partial charge is 0.337 e. The molecule has 1 aromatic carbocycles. The minimum Gasteiger partial charge on any atom is -0.337 e. The predicted molar refractivity (Wildman–Crippen MR) is 80.9 cm³/mol. The summed E-state index contributed by atoms with van der Waals surface area (Å²) in [5.41, 5.74) is 3.56. The van der Waals surface area contributed by atoms with E-state index in [1.807, 2.05) is 25.1 Å². The van der Waals surface area contributed by atoms with Crippen molar-refractivity contribution in [2.45, 2.75) is 20.3 Å². The van der Waals surface area contributed by atoms with Crippen LogP contribution in [-0.2, 0) is 6.42 Å². The van der Waals surface area contributed by atoms with Crippen LogP contribution in [0.5, 0.6) is 0 Å². The molecule has 2 aromatic rings. The molecule has 2 rings (SSSR count). The normalized spacial score (nSPS) is 10.1. The van der Waals surface area contributed by atoms with Gasteiger partial charge in [0, 0.05) is 12.7 Å². The van der Waals surface area contributed by atoms with E-state index in [9.17, 15) is 4.79 Å². The summed E-state index contributed by atoms with van der Waals surface area (Å²) in [5.74, 6) is 0.559. The summed E-state index contributed by atoms with van der Waals surface area (Å²) >= 11 is 0. The van der Waals surface area contributed by atoms with Crippen LogP contribution in [0.2, 0.25) is 0 Å². The number of aryl methyl sites for hydroxylation is 2. The van der Waals surface area contributed by atoms with E-state index < -0.39 is 0 Å². The number of hydrogen-bond acceptors (Lipinski definition) is 2. The number of pyridine rings is 1. The van der Waals surface area contributed by atoms with Gasteiger partial charge in [-0.1, -0.05) is 30.3 Å². The number of hydrogen-bond donors (Lipinski definition) is 2. The lowest BCUT2D eigenvalue weighted by Gasteiger charge is -2.08. The van der Waals surface area contributed by atoms with Crippen molar-refractivity contribution in [1.29, 1.82) is 0 Å². The molecule has 20 heavy (non-hydrogen) atoms. The zero-order valence-corrected chi connectivity index (χ0v) is 11.8. The van der Waals surface area contributed by atoms with Gasteiger partial charge in [0.25, 0.3) is 0 Å². The monoisotopic (exact) mass is 269 g/mol. The van der Waals surface area contributed by atoms with E-state index in [1.54, 1.807) is 12.3 Å². The molecule has 1 aromatic heterocycles. The summed E-state index contributed by atoms with van der Waals surface area (Å²) in [4.78, 5) is 15.8. The van der Waals surface area contributed by atoms with Gasteiger partial charge in [-0.25, -0.2) is 9.78 Å². The van der Waals surface area contributed by atoms with Crippen molar-refractivity contribution < 1.29 is 4.79 Å². The van der Waals surface area contributed by atoms with Gasteiger partial charge >= 0.3 is 6.03 Å². The van der Waals surface area contributed by atoms with Crippen LogP contribution in [0, 0.1) is 13.8 Å². The Kier molecular flexibility index (Phi) is 4.71. The molecule has 2 amide bonds. The molecule has 1 heterocycles. The number of urea groups is 1. The number of anilines is 1. The van der Waals surface area contributed by atoms with E-state index >= 15 is 0 Å². The zero-order chi connectivity index (χ0) is 14.4. The third-order valence-corrected chi connectivity index (χ3v) is 3.09. The first-order chi connectivity index (χ1) is 9.65. The number of aromatic nitrogens is 1. The Hall–Kier alpha value is -2.36. The molecule has 0 bridgehead atoms. The quantitative estimate of drug-likeness (QED) is 0.896. The Labute approximate surface area is 119 Å². The lowest BCUT2D eigenvalue weighted by atomic mass is 10.1. The minimum absolute atomic E-state index is 0.227. The van der Waals surface area contributed by atoms with Crippen molar-refractivity contribution in [2.75, 3.05) is 11.9 Å². The molecule has 0 aliphatic rings. The number of rotatable bonds is 4. The van der Waals surface area contributed by atoms with E-state index in [0.29, 0.717) is 12.4 Å². The Morgan fingerprint density at radius 3 is 2.65 bits per heavy atom. The molecule has 2 N–H and O–H groups in total. The van der Waals surface area contributed by atoms with Crippen LogP contribution >= 0.6 is 0 Å². The highest BCUT2D eigenvalue weighted by molar-refractivity contribution is 5.88. The SMILES string of the molecule is Cc1ccc(NC(=O)NCCc2ccccc2C)nc1. The van der Waals surface area contributed by atoms with Gasteiger partial charge in [-0.3, -0.25) is 5.32 Å². The van der Waals surface area contributed by atoms with Crippen LogP contribution < -0.4 is 10.6 Å². The third kappa shape index (κ3) is 4.09. The fourth-order valence-corrected chi connectivity index (χ4v) is 1.90. The molecule has 0 unspecified atom stereocenters. The first-order valence-corrected chi connectivity index (χ1v) is 6.67. The average molecular weight is 269 g/mol. The van der Waals surface area contributed by atoms with Crippen LogP contribution in [-0.4, -0.2) is 17.6 Å². The van der Waals surface area contributed by atoms with Crippen molar-refractivity contribution in [3.05, 3.63) is 59.3 Å². The summed E-state index contributed by atoms with van der Waals surface area (Å²) in [6.07, 6.45) is 2.55. The second kappa shape index (κ2) is 6.70. The highest BCUT2D eigenvalue weighted by Gasteiger charge is 2.02. The second-order valence-electron chi connectivity index (χ2n) is 4.78. The predicted octanol–water partition coefficient (Wildman–Crippen LogP) is 3.06. The number of carbonyl (C=O) groups is 1. The molecular weight excluding hydrogens is 250 g/mol. The van der Waals surface area contributed by atoms with Gasteiger partial charge in [0.2, 0.25) is 0 Å². The molecule has 0 fully saturated rings. The molecular formula is C16H19N3O. The van der Waals surface area contributed by atoms with Gasteiger partial charge in [-0.15, -0.1) is 0 Å². The van der Waals surface area contributed by atoms with Crippen LogP contribution in [0.4, 0.5) is 10.6 Å². The van der Waals surface area contributed by atoms with Crippen molar-refractivity contribution in [1.82, 2.24) is 10.3 Å². The summed E-state index contributed by atoms with van der Waals surface area (Å²) in [6.45, 7) is 4.63. The zero-order valence-electron chi connectivity index (χ0n) is 11.8. The minimum atomic E-state index is -0.227. The smallest absolute Gasteiger partial charge is 0.320 e. The van der Waals surface area contributed by atoms with Crippen molar-refractivity contribution in [3.8, 4) is 0 Å². The molecule has 0 spiro atoms. The molecule has 0 aliphatic carbocycles. The fraction of sp³-hybridized carbons (Fsp3) is 0.250. The number of amides is 2.